The van der Waals surface area contributed by atoms with Crippen molar-refractivity contribution in [2.75, 3.05) is 10.7 Å². The van der Waals surface area contributed by atoms with Gasteiger partial charge in [-0.3, -0.25) is 10.4 Å². The summed E-state index contributed by atoms with van der Waals surface area (Å²) in [5.74, 6) is 6.55. The number of hydrogen-bond donors (Lipinski definition) is 3. The maximum Gasteiger partial charge on any atom is 0.240 e. The van der Waals surface area contributed by atoms with Gasteiger partial charge in [-0.05, 0) is 30.5 Å². The number of thiophene rings is 1. The summed E-state index contributed by atoms with van der Waals surface area (Å²) in [6.45, 7) is 2.58. The second kappa shape index (κ2) is 5.40. The topological polar surface area (TPSA) is 88.8 Å². The molecule has 0 aromatic carbocycles. The highest BCUT2D eigenvalue weighted by Gasteiger charge is 2.08. The molecule has 0 spiro atoms. The van der Waals surface area contributed by atoms with Crippen LogP contribution >= 0.6 is 11.3 Å². The first-order valence-corrected chi connectivity index (χ1v) is 7.02. The summed E-state index contributed by atoms with van der Waals surface area (Å²) >= 11 is 1.55. The molecule has 3 aromatic rings. The van der Waals surface area contributed by atoms with Gasteiger partial charge in [0.15, 0.2) is 0 Å². The number of hydrogen-bond acceptors (Lipinski definition) is 7. The van der Waals surface area contributed by atoms with Gasteiger partial charge in [0.2, 0.25) is 5.95 Å². The number of hydrazine groups is 1. The van der Waals surface area contributed by atoms with Crippen LogP contribution in [0, 0.1) is 6.92 Å². The highest BCUT2D eigenvalue weighted by atomic mass is 32.1. The quantitative estimate of drug-likeness (QED) is 0.504. The zero-order valence-corrected chi connectivity index (χ0v) is 11.7. The van der Waals surface area contributed by atoms with E-state index in [0.717, 1.165) is 27.4 Å². The maximum atomic E-state index is 5.40. The molecule has 3 rings (SSSR count). The molecule has 102 valence electrons. The standard InChI is InChI=1S/C13H14N6S/c1-8-3-2-4-9(16-8)7-15-11-10-5-6-20-12(10)18-13(17-11)19-14/h2-6H,7,14H2,1H3,(H2,15,17,18,19). The van der Waals surface area contributed by atoms with Gasteiger partial charge in [-0.15, -0.1) is 11.3 Å². The number of aromatic nitrogens is 3. The number of rotatable bonds is 4. The van der Waals surface area contributed by atoms with Crippen LogP contribution in [0.4, 0.5) is 11.8 Å². The van der Waals surface area contributed by atoms with Crippen LogP contribution in [0.15, 0.2) is 29.6 Å². The van der Waals surface area contributed by atoms with Crippen LogP contribution in [-0.4, -0.2) is 15.0 Å². The van der Waals surface area contributed by atoms with Gasteiger partial charge in [0.25, 0.3) is 0 Å². The smallest absolute Gasteiger partial charge is 0.240 e. The van der Waals surface area contributed by atoms with Gasteiger partial charge in [0.05, 0.1) is 17.6 Å². The van der Waals surface area contributed by atoms with Gasteiger partial charge in [0, 0.05) is 5.69 Å². The van der Waals surface area contributed by atoms with E-state index in [1.165, 1.54) is 0 Å². The summed E-state index contributed by atoms with van der Waals surface area (Å²) in [7, 11) is 0. The Kier molecular flexibility index (Phi) is 3.44. The van der Waals surface area contributed by atoms with Gasteiger partial charge >= 0.3 is 0 Å². The molecule has 0 aliphatic heterocycles. The van der Waals surface area contributed by atoms with Crippen LogP contribution in [0.3, 0.4) is 0 Å². The number of pyridine rings is 1. The number of nitrogens with zero attached hydrogens (tertiary/aromatic N) is 3. The zero-order valence-electron chi connectivity index (χ0n) is 10.9. The summed E-state index contributed by atoms with van der Waals surface area (Å²) < 4.78 is 0. The number of nitrogen functional groups attached to an aromatic ring is 1. The summed E-state index contributed by atoms with van der Waals surface area (Å²) in [5.41, 5.74) is 4.45. The van der Waals surface area contributed by atoms with Crippen LogP contribution in [0.1, 0.15) is 11.4 Å². The minimum Gasteiger partial charge on any atom is -0.364 e. The molecule has 0 saturated carbocycles. The molecule has 3 aromatic heterocycles. The van der Waals surface area contributed by atoms with E-state index >= 15 is 0 Å². The first-order chi connectivity index (χ1) is 9.76. The third-order valence-corrected chi connectivity index (χ3v) is 3.64. The van der Waals surface area contributed by atoms with Crippen molar-refractivity contribution >= 4 is 33.3 Å². The fraction of sp³-hybridized carbons (Fsp3) is 0.154. The van der Waals surface area contributed by atoms with Crippen LogP contribution in [0.2, 0.25) is 0 Å². The summed E-state index contributed by atoms with van der Waals surface area (Å²) in [6.07, 6.45) is 0. The molecular weight excluding hydrogens is 272 g/mol. The Morgan fingerprint density at radius 3 is 2.90 bits per heavy atom. The molecule has 0 amide bonds. The van der Waals surface area contributed by atoms with E-state index in [9.17, 15) is 0 Å². The first kappa shape index (κ1) is 12.8. The van der Waals surface area contributed by atoms with Crippen LogP contribution < -0.4 is 16.6 Å². The van der Waals surface area contributed by atoms with E-state index < -0.39 is 0 Å². The number of anilines is 2. The van der Waals surface area contributed by atoms with Gasteiger partial charge in [-0.2, -0.15) is 4.98 Å². The normalized spacial score (nSPS) is 10.7. The van der Waals surface area contributed by atoms with Gasteiger partial charge in [0.1, 0.15) is 10.6 Å². The molecule has 0 fully saturated rings. The van der Waals surface area contributed by atoms with Crippen molar-refractivity contribution in [1.82, 2.24) is 15.0 Å². The van der Waals surface area contributed by atoms with Crippen molar-refractivity contribution in [3.63, 3.8) is 0 Å². The summed E-state index contributed by atoms with van der Waals surface area (Å²) in [5, 5.41) is 6.26. The molecule has 0 bridgehead atoms. The lowest BCUT2D eigenvalue weighted by molar-refractivity contribution is 1.00. The Morgan fingerprint density at radius 1 is 1.20 bits per heavy atom. The Bertz CT molecular complexity index is 739. The fourth-order valence-electron chi connectivity index (χ4n) is 1.93. The third kappa shape index (κ3) is 2.54. The van der Waals surface area contributed by atoms with E-state index in [4.69, 9.17) is 5.84 Å². The molecule has 7 heteroatoms. The third-order valence-electron chi connectivity index (χ3n) is 2.84. The van der Waals surface area contributed by atoms with Crippen LogP contribution in [-0.2, 0) is 6.54 Å². The molecule has 0 radical (unpaired) electrons. The van der Waals surface area contributed by atoms with E-state index in [2.05, 4.69) is 25.7 Å². The van der Waals surface area contributed by atoms with Crippen molar-refractivity contribution in [3.05, 3.63) is 41.0 Å². The Balaban J connectivity index is 1.88. The molecule has 20 heavy (non-hydrogen) atoms. The average molecular weight is 286 g/mol. The minimum absolute atomic E-state index is 0.402. The van der Waals surface area contributed by atoms with E-state index in [1.54, 1.807) is 11.3 Å². The molecular formula is C13H14N6S. The van der Waals surface area contributed by atoms with Crippen LogP contribution in [0.5, 0.6) is 0 Å². The predicted molar refractivity (Wildman–Crippen MR) is 81.5 cm³/mol. The second-order valence-electron chi connectivity index (χ2n) is 4.30. The molecule has 0 atom stereocenters. The Morgan fingerprint density at radius 2 is 2.10 bits per heavy atom. The monoisotopic (exact) mass is 286 g/mol. The Hall–Kier alpha value is -2.25. The van der Waals surface area contributed by atoms with Crippen molar-refractivity contribution in [3.8, 4) is 0 Å². The summed E-state index contributed by atoms with van der Waals surface area (Å²) in [4.78, 5) is 14.0. The zero-order chi connectivity index (χ0) is 13.9. The van der Waals surface area contributed by atoms with Crippen molar-refractivity contribution in [2.24, 2.45) is 5.84 Å². The lowest BCUT2D eigenvalue weighted by Crippen LogP contribution is -2.12. The van der Waals surface area contributed by atoms with Crippen molar-refractivity contribution in [1.29, 1.82) is 0 Å². The minimum atomic E-state index is 0.402. The van der Waals surface area contributed by atoms with E-state index in [-0.39, 0.29) is 0 Å². The van der Waals surface area contributed by atoms with Gasteiger partial charge in [-0.25, -0.2) is 10.8 Å². The maximum absolute atomic E-state index is 5.40. The van der Waals surface area contributed by atoms with Gasteiger partial charge in [-0.1, -0.05) is 6.07 Å². The molecule has 0 saturated heterocycles. The number of aryl methyl sites for hydroxylation is 1. The average Bonchev–Trinajstić information content (AvgIpc) is 2.93. The Labute approximate surface area is 120 Å². The molecule has 3 heterocycles. The molecule has 4 N–H and O–H groups in total. The van der Waals surface area contributed by atoms with E-state index in [0.29, 0.717) is 12.5 Å². The molecule has 6 nitrogen and oxygen atoms in total. The SMILES string of the molecule is Cc1cccc(CNc2nc(NN)nc3sccc23)n1. The highest BCUT2D eigenvalue weighted by Crippen LogP contribution is 2.26. The van der Waals surface area contributed by atoms with Crippen molar-refractivity contribution in [2.45, 2.75) is 13.5 Å². The first-order valence-electron chi connectivity index (χ1n) is 6.14. The van der Waals surface area contributed by atoms with Crippen LogP contribution in [0.25, 0.3) is 10.2 Å². The summed E-state index contributed by atoms with van der Waals surface area (Å²) in [6, 6.07) is 7.94. The largest absolute Gasteiger partial charge is 0.364 e. The number of fused-ring (bicyclic) bond motifs is 1. The van der Waals surface area contributed by atoms with E-state index in [1.807, 2.05) is 36.6 Å². The number of nitrogens with two attached hydrogens (primary N) is 1. The van der Waals surface area contributed by atoms with Gasteiger partial charge < -0.3 is 5.32 Å². The van der Waals surface area contributed by atoms with Crippen molar-refractivity contribution < 1.29 is 0 Å². The lowest BCUT2D eigenvalue weighted by atomic mass is 10.3. The molecule has 0 aliphatic rings. The lowest BCUT2D eigenvalue weighted by Gasteiger charge is -2.08. The molecule has 0 aliphatic carbocycles. The number of nitrogens with one attached hydrogen (secondary N) is 2. The second-order valence-corrected chi connectivity index (χ2v) is 5.20. The predicted octanol–water partition coefficient (Wildman–Crippen LogP) is 2.29. The highest BCUT2D eigenvalue weighted by molar-refractivity contribution is 7.16. The molecule has 0 unspecified atom stereocenters. The fourth-order valence-corrected chi connectivity index (χ4v) is 2.69.